The smallest absolute Gasteiger partial charge is 0.147 e. The minimum atomic E-state index is -0.209. The first kappa shape index (κ1) is 13.3. The van der Waals surface area contributed by atoms with Crippen LogP contribution >= 0.6 is 0 Å². The van der Waals surface area contributed by atoms with Crippen LogP contribution in [0.15, 0.2) is 36.9 Å². The lowest BCUT2D eigenvalue weighted by molar-refractivity contribution is 0.300. The van der Waals surface area contributed by atoms with Gasteiger partial charge in [0.05, 0.1) is 12.0 Å². The maximum atomic E-state index is 14.4. The molecule has 3 rings (SSSR count). The number of nitrogens with two attached hydrogens (primary N) is 1. The summed E-state index contributed by atoms with van der Waals surface area (Å²) in [6.45, 7) is 0.594. The lowest BCUT2D eigenvalue weighted by Crippen LogP contribution is -2.37. The molecule has 2 aromatic rings. The average Bonchev–Trinajstić information content (AvgIpc) is 3.02. The van der Waals surface area contributed by atoms with Gasteiger partial charge >= 0.3 is 0 Å². The summed E-state index contributed by atoms with van der Waals surface area (Å²) in [6.07, 6.45) is 10.8. The van der Waals surface area contributed by atoms with Gasteiger partial charge in [0.1, 0.15) is 5.82 Å². The Morgan fingerprint density at radius 1 is 1.25 bits per heavy atom. The third-order valence-electron chi connectivity index (χ3n) is 4.54. The van der Waals surface area contributed by atoms with Gasteiger partial charge in [0.2, 0.25) is 0 Å². The number of hydrogen-bond donors (Lipinski definition) is 1. The Bertz CT molecular complexity index is 571. The summed E-state index contributed by atoms with van der Waals surface area (Å²) >= 11 is 0. The molecule has 1 fully saturated rings. The predicted octanol–water partition coefficient (Wildman–Crippen LogP) is 3.17. The summed E-state index contributed by atoms with van der Waals surface area (Å²) in [5, 5.41) is 0. The van der Waals surface area contributed by atoms with E-state index < -0.39 is 0 Å². The zero-order valence-corrected chi connectivity index (χ0v) is 11.6. The number of aromatic nitrogens is 2. The van der Waals surface area contributed by atoms with E-state index in [-0.39, 0.29) is 11.2 Å². The fraction of sp³-hybridized carbons (Fsp3) is 0.438. The van der Waals surface area contributed by atoms with Crippen LogP contribution in [0.4, 0.5) is 4.39 Å². The van der Waals surface area contributed by atoms with Crippen molar-refractivity contribution in [2.75, 3.05) is 6.54 Å². The van der Waals surface area contributed by atoms with Crippen LogP contribution in [0.25, 0.3) is 5.69 Å². The number of imidazole rings is 1. The number of rotatable bonds is 3. The van der Waals surface area contributed by atoms with Gasteiger partial charge in [-0.25, -0.2) is 9.37 Å². The normalized spacial score (nSPS) is 18.1. The van der Waals surface area contributed by atoms with Crippen molar-refractivity contribution < 1.29 is 4.39 Å². The molecule has 1 saturated carbocycles. The van der Waals surface area contributed by atoms with Gasteiger partial charge in [0, 0.05) is 24.4 Å². The second-order valence-electron chi connectivity index (χ2n) is 5.68. The van der Waals surface area contributed by atoms with Crippen molar-refractivity contribution in [2.24, 2.45) is 5.73 Å². The lowest BCUT2D eigenvalue weighted by Gasteiger charge is -2.37. The molecule has 3 nitrogen and oxygen atoms in total. The van der Waals surface area contributed by atoms with Crippen LogP contribution in [0.1, 0.15) is 37.7 Å². The molecular formula is C16H20FN3. The van der Waals surface area contributed by atoms with Crippen molar-refractivity contribution in [1.82, 2.24) is 9.55 Å². The molecule has 0 aliphatic heterocycles. The molecule has 0 radical (unpaired) electrons. The maximum Gasteiger partial charge on any atom is 0.147 e. The van der Waals surface area contributed by atoms with E-state index in [2.05, 4.69) is 4.98 Å². The first-order chi connectivity index (χ1) is 9.75. The highest BCUT2D eigenvalue weighted by Crippen LogP contribution is 2.39. The van der Waals surface area contributed by atoms with E-state index in [1.54, 1.807) is 29.4 Å². The fourth-order valence-corrected chi connectivity index (χ4v) is 3.29. The molecule has 0 saturated heterocycles. The van der Waals surface area contributed by atoms with Gasteiger partial charge in [-0.2, -0.15) is 0 Å². The van der Waals surface area contributed by atoms with Gasteiger partial charge in [-0.1, -0.05) is 25.3 Å². The zero-order chi connectivity index (χ0) is 14.0. The highest BCUT2D eigenvalue weighted by molar-refractivity contribution is 5.39. The summed E-state index contributed by atoms with van der Waals surface area (Å²) < 4.78 is 16.1. The fourth-order valence-electron chi connectivity index (χ4n) is 3.29. The van der Waals surface area contributed by atoms with Crippen molar-refractivity contribution in [3.8, 4) is 5.69 Å². The monoisotopic (exact) mass is 273 g/mol. The SMILES string of the molecule is NCC1(c2ccc(-n3ccnc3)c(F)c2)CCCCC1. The molecule has 1 aliphatic rings. The molecule has 0 atom stereocenters. The van der Waals surface area contributed by atoms with Crippen molar-refractivity contribution in [2.45, 2.75) is 37.5 Å². The molecule has 4 heteroatoms. The van der Waals surface area contributed by atoms with Gasteiger partial charge < -0.3 is 10.3 Å². The zero-order valence-electron chi connectivity index (χ0n) is 11.6. The molecule has 0 amide bonds. The summed E-state index contributed by atoms with van der Waals surface area (Å²) in [7, 11) is 0. The Kier molecular flexibility index (Phi) is 3.57. The summed E-state index contributed by atoms with van der Waals surface area (Å²) in [5.74, 6) is -0.209. The topological polar surface area (TPSA) is 43.8 Å². The van der Waals surface area contributed by atoms with Gasteiger partial charge in [-0.3, -0.25) is 0 Å². The molecule has 0 bridgehead atoms. The molecule has 0 unspecified atom stereocenters. The van der Waals surface area contributed by atoms with Gasteiger partial charge in [0.15, 0.2) is 0 Å². The van der Waals surface area contributed by atoms with E-state index in [4.69, 9.17) is 5.73 Å². The highest BCUT2D eigenvalue weighted by Gasteiger charge is 2.33. The first-order valence-corrected chi connectivity index (χ1v) is 7.24. The van der Waals surface area contributed by atoms with Crippen LogP contribution in [0, 0.1) is 5.82 Å². The van der Waals surface area contributed by atoms with Crippen LogP contribution < -0.4 is 5.73 Å². The summed E-state index contributed by atoms with van der Waals surface area (Å²) in [4.78, 5) is 3.96. The highest BCUT2D eigenvalue weighted by atomic mass is 19.1. The Hall–Kier alpha value is -1.68. The number of hydrogen-bond acceptors (Lipinski definition) is 2. The van der Waals surface area contributed by atoms with Crippen LogP contribution in [-0.2, 0) is 5.41 Å². The standard InChI is InChI=1S/C16H20FN3/c17-14-10-13(16(11-18)6-2-1-3-7-16)4-5-15(14)20-9-8-19-12-20/h4-5,8-10,12H,1-3,6-7,11,18H2. The predicted molar refractivity (Wildman–Crippen MR) is 77.3 cm³/mol. The largest absolute Gasteiger partial charge is 0.330 e. The Morgan fingerprint density at radius 3 is 2.65 bits per heavy atom. The van der Waals surface area contributed by atoms with Crippen molar-refractivity contribution in [1.29, 1.82) is 0 Å². The molecule has 1 heterocycles. The molecule has 20 heavy (non-hydrogen) atoms. The molecule has 2 N–H and O–H groups in total. The average molecular weight is 273 g/mol. The molecule has 1 aromatic carbocycles. The van der Waals surface area contributed by atoms with Gasteiger partial charge in [0.25, 0.3) is 0 Å². The molecule has 1 aliphatic carbocycles. The quantitative estimate of drug-likeness (QED) is 0.933. The van der Waals surface area contributed by atoms with Crippen molar-refractivity contribution in [3.05, 3.63) is 48.3 Å². The molecule has 0 spiro atoms. The Labute approximate surface area is 118 Å². The third kappa shape index (κ3) is 2.24. The number of nitrogens with zero attached hydrogens (tertiary/aromatic N) is 2. The molecule has 106 valence electrons. The molecule has 1 aromatic heterocycles. The van der Waals surface area contributed by atoms with E-state index in [0.717, 1.165) is 18.4 Å². The van der Waals surface area contributed by atoms with Crippen LogP contribution in [0.3, 0.4) is 0 Å². The first-order valence-electron chi connectivity index (χ1n) is 7.24. The van der Waals surface area contributed by atoms with E-state index in [9.17, 15) is 4.39 Å². The number of benzene rings is 1. The second kappa shape index (κ2) is 5.37. The number of halogens is 1. The maximum absolute atomic E-state index is 14.4. The van der Waals surface area contributed by atoms with Gasteiger partial charge in [-0.05, 0) is 30.5 Å². The van der Waals surface area contributed by atoms with Crippen molar-refractivity contribution >= 4 is 0 Å². The van der Waals surface area contributed by atoms with Crippen LogP contribution in [-0.4, -0.2) is 16.1 Å². The van der Waals surface area contributed by atoms with Crippen LogP contribution in [0.2, 0.25) is 0 Å². The summed E-state index contributed by atoms with van der Waals surface area (Å²) in [6, 6.07) is 5.52. The van der Waals surface area contributed by atoms with Gasteiger partial charge in [-0.15, -0.1) is 0 Å². The van der Waals surface area contributed by atoms with Crippen LogP contribution in [0.5, 0.6) is 0 Å². The van der Waals surface area contributed by atoms with E-state index in [1.807, 2.05) is 12.1 Å². The minimum Gasteiger partial charge on any atom is -0.330 e. The van der Waals surface area contributed by atoms with Crippen molar-refractivity contribution in [3.63, 3.8) is 0 Å². The summed E-state index contributed by atoms with van der Waals surface area (Å²) in [5.41, 5.74) is 7.56. The van der Waals surface area contributed by atoms with E-state index >= 15 is 0 Å². The third-order valence-corrected chi connectivity index (χ3v) is 4.54. The molecular weight excluding hydrogens is 253 g/mol. The second-order valence-corrected chi connectivity index (χ2v) is 5.68. The van der Waals surface area contributed by atoms with E-state index in [1.165, 1.54) is 19.3 Å². The lowest BCUT2D eigenvalue weighted by atomic mass is 9.69. The Balaban J connectivity index is 1.97. The Morgan fingerprint density at radius 2 is 2.05 bits per heavy atom. The van der Waals surface area contributed by atoms with E-state index in [0.29, 0.717) is 12.2 Å². The minimum absolute atomic E-state index is 0.0352.